The van der Waals surface area contributed by atoms with Crippen LogP contribution >= 0.6 is 0 Å². The van der Waals surface area contributed by atoms with Gasteiger partial charge in [0.25, 0.3) is 10.1 Å². The van der Waals surface area contributed by atoms with Crippen LogP contribution in [0.1, 0.15) is 91.9 Å². The van der Waals surface area contributed by atoms with Crippen LogP contribution in [0.5, 0.6) is 0 Å². The fraction of sp³-hybridized carbons (Fsp3) is 0.900. The summed E-state index contributed by atoms with van der Waals surface area (Å²) in [7, 11) is -5.16. The Morgan fingerprint density at radius 1 is 0.800 bits per heavy atom. The Balaban J connectivity index is -0.00000364. The van der Waals surface area contributed by atoms with E-state index in [4.69, 9.17) is 0 Å². The van der Waals surface area contributed by atoms with Gasteiger partial charge in [0.05, 0.1) is 5.97 Å². The van der Waals surface area contributed by atoms with E-state index in [-0.39, 0.29) is 72.0 Å². The fourth-order valence-electron chi connectivity index (χ4n) is 3.67. The molecule has 0 aliphatic rings. The first-order valence-electron chi connectivity index (χ1n) is 10.2. The summed E-state index contributed by atoms with van der Waals surface area (Å²) in [6.45, 7) is 8.25. The molecular formula is C20H36Na2O7S. The minimum absolute atomic E-state index is 0. The van der Waals surface area contributed by atoms with Gasteiger partial charge in [-0.25, -0.2) is 0 Å². The minimum atomic E-state index is -5.16. The third kappa shape index (κ3) is 13.4. The zero-order valence-electron chi connectivity index (χ0n) is 19.6. The molecule has 0 radical (unpaired) electrons. The van der Waals surface area contributed by atoms with E-state index in [9.17, 15) is 32.8 Å². The average molecular weight is 467 g/mol. The number of unbranched alkanes of at least 4 members (excludes halogenated alkanes) is 4. The zero-order valence-corrected chi connectivity index (χ0v) is 24.4. The maximum absolute atomic E-state index is 12.0. The molecule has 0 rings (SSSR count). The summed E-state index contributed by atoms with van der Waals surface area (Å²) < 4.78 is 32.9. The predicted molar refractivity (Wildman–Crippen MR) is 104 cm³/mol. The van der Waals surface area contributed by atoms with Gasteiger partial charge >= 0.3 is 59.1 Å². The molecule has 0 aromatic carbocycles. The van der Waals surface area contributed by atoms with Crippen molar-refractivity contribution in [1.82, 2.24) is 0 Å². The Morgan fingerprint density at radius 3 is 1.40 bits per heavy atom. The van der Waals surface area contributed by atoms with Crippen molar-refractivity contribution in [3.63, 3.8) is 0 Å². The van der Waals surface area contributed by atoms with Crippen LogP contribution < -0.4 is 69.3 Å². The van der Waals surface area contributed by atoms with Gasteiger partial charge in [0.1, 0.15) is 5.25 Å². The summed E-state index contributed by atoms with van der Waals surface area (Å²) in [5.74, 6) is -2.88. The van der Waals surface area contributed by atoms with E-state index in [0.29, 0.717) is 37.5 Å². The minimum Gasteiger partial charge on any atom is -0.549 e. The first-order valence-corrected chi connectivity index (χ1v) is 11.7. The van der Waals surface area contributed by atoms with Gasteiger partial charge < -0.3 is 19.8 Å². The van der Waals surface area contributed by atoms with Crippen LogP contribution in [0.15, 0.2) is 0 Å². The van der Waals surface area contributed by atoms with Crippen LogP contribution in [0.2, 0.25) is 0 Å². The molecule has 30 heavy (non-hydrogen) atoms. The maximum atomic E-state index is 12.0. The molecule has 1 N–H and O–H groups in total. The van der Waals surface area contributed by atoms with Crippen molar-refractivity contribution in [2.45, 2.75) is 97.2 Å². The second-order valence-corrected chi connectivity index (χ2v) is 10.1. The van der Waals surface area contributed by atoms with Crippen molar-refractivity contribution in [1.29, 1.82) is 0 Å². The summed E-state index contributed by atoms with van der Waals surface area (Å²) in [5.41, 5.74) is -2.19. The summed E-state index contributed by atoms with van der Waals surface area (Å²) in [5, 5.41) is 21.0. The smallest absolute Gasteiger partial charge is 0.549 e. The normalized spacial score (nSPS) is 12.9. The second-order valence-electron chi connectivity index (χ2n) is 8.64. The van der Waals surface area contributed by atoms with E-state index >= 15 is 0 Å². The van der Waals surface area contributed by atoms with Crippen LogP contribution in [0.4, 0.5) is 0 Å². The molecule has 0 saturated heterocycles. The number of carboxylic acid groups (broad SMARTS) is 2. The monoisotopic (exact) mass is 466 g/mol. The molecule has 0 saturated carbocycles. The van der Waals surface area contributed by atoms with Crippen LogP contribution in [0, 0.1) is 17.3 Å². The Kier molecular flexibility index (Phi) is 20.5. The number of carboxylic acids is 2. The number of rotatable bonds is 16. The van der Waals surface area contributed by atoms with Gasteiger partial charge in [-0.15, -0.1) is 0 Å². The first-order chi connectivity index (χ1) is 12.8. The molecule has 0 amide bonds. The summed E-state index contributed by atoms with van der Waals surface area (Å²) in [6, 6.07) is 0. The number of hydrogen-bond acceptors (Lipinski definition) is 6. The van der Waals surface area contributed by atoms with Crippen LogP contribution in [0.25, 0.3) is 0 Å². The van der Waals surface area contributed by atoms with Crippen LogP contribution in [-0.4, -0.2) is 30.2 Å². The second kappa shape index (κ2) is 17.3. The van der Waals surface area contributed by atoms with Gasteiger partial charge in [0.15, 0.2) is 0 Å². The molecule has 0 aromatic rings. The van der Waals surface area contributed by atoms with Gasteiger partial charge in [0, 0.05) is 11.4 Å². The van der Waals surface area contributed by atoms with Gasteiger partial charge in [-0.1, -0.05) is 79.1 Å². The Morgan fingerprint density at radius 2 is 1.17 bits per heavy atom. The SMILES string of the molecule is CC(C)CCCCCC(CCCCCC(C)C)(C(=O)[O-])C(C(=O)[O-])S(=O)(=O)O.[Na+].[Na+]. The number of aliphatic carboxylic acids is 2. The molecular weight excluding hydrogens is 430 g/mol. The molecule has 0 bridgehead atoms. The van der Waals surface area contributed by atoms with Gasteiger partial charge in [-0.05, 0) is 24.7 Å². The largest absolute Gasteiger partial charge is 1.00 e. The van der Waals surface area contributed by atoms with E-state index in [1.54, 1.807) is 0 Å². The van der Waals surface area contributed by atoms with Gasteiger partial charge in [-0.2, -0.15) is 8.42 Å². The van der Waals surface area contributed by atoms with Crippen LogP contribution in [0.3, 0.4) is 0 Å². The Bertz CT molecular complexity index is 574. The average Bonchev–Trinajstić information content (AvgIpc) is 2.51. The van der Waals surface area contributed by atoms with Crippen molar-refractivity contribution in [2.75, 3.05) is 0 Å². The van der Waals surface area contributed by atoms with Crippen LogP contribution in [-0.2, 0) is 19.7 Å². The summed E-state index contributed by atoms with van der Waals surface area (Å²) in [6.07, 6.45) is 5.14. The zero-order chi connectivity index (χ0) is 22.0. The van der Waals surface area contributed by atoms with Crippen molar-refractivity contribution in [2.24, 2.45) is 17.3 Å². The Hall–Kier alpha value is 0.850. The molecule has 0 heterocycles. The standard InChI is InChI=1S/C20H38O7S.2Na/c1-15(2)11-7-5-9-13-20(19(23)24,14-10-6-8-12-16(3)4)17(18(21)22)28(25,26)27;;/h15-17H,5-14H2,1-4H3,(H,21,22)(H,23,24)(H,25,26,27);;/q;2*+1/p-2. The molecule has 166 valence electrons. The van der Waals surface area contributed by atoms with E-state index in [1.165, 1.54) is 0 Å². The number of carbonyl (C=O) groups excluding carboxylic acids is 2. The van der Waals surface area contributed by atoms with E-state index in [2.05, 4.69) is 27.7 Å². The van der Waals surface area contributed by atoms with E-state index < -0.39 is 32.7 Å². The van der Waals surface area contributed by atoms with Gasteiger partial charge in [0.2, 0.25) is 0 Å². The molecule has 0 spiro atoms. The molecule has 10 heteroatoms. The molecule has 0 fully saturated rings. The van der Waals surface area contributed by atoms with E-state index in [1.807, 2.05) is 0 Å². The maximum Gasteiger partial charge on any atom is 1.00 e. The van der Waals surface area contributed by atoms with Crippen molar-refractivity contribution in [3.8, 4) is 0 Å². The topological polar surface area (TPSA) is 135 Å². The molecule has 1 atom stereocenters. The molecule has 1 unspecified atom stereocenters. The first kappa shape index (κ1) is 35.4. The molecule has 0 aliphatic carbocycles. The van der Waals surface area contributed by atoms with Gasteiger partial charge in [-0.3, -0.25) is 4.55 Å². The van der Waals surface area contributed by atoms with Crippen molar-refractivity contribution in [3.05, 3.63) is 0 Å². The quantitative estimate of drug-likeness (QED) is 0.139. The van der Waals surface area contributed by atoms with E-state index in [0.717, 1.165) is 25.7 Å². The summed E-state index contributed by atoms with van der Waals surface area (Å²) in [4.78, 5) is 23.5. The Labute approximate surface area is 226 Å². The molecule has 0 aliphatic heterocycles. The van der Waals surface area contributed by atoms with Crippen molar-refractivity contribution < 1.29 is 91.9 Å². The third-order valence-corrected chi connectivity index (χ3v) is 6.47. The van der Waals surface area contributed by atoms with Crippen molar-refractivity contribution >= 4 is 22.1 Å². The molecule has 7 nitrogen and oxygen atoms in total. The number of hydrogen-bond donors (Lipinski definition) is 1. The third-order valence-electron chi connectivity index (χ3n) is 5.23. The number of carbonyl (C=O) groups is 2. The predicted octanol–water partition coefficient (Wildman–Crippen LogP) is -4.05. The molecule has 0 aromatic heterocycles. The fourth-order valence-corrected chi connectivity index (χ4v) is 4.82. The summed E-state index contributed by atoms with van der Waals surface area (Å²) >= 11 is 0.